The standard InChI is InChI=1S/C53H71N9O21S/c1-20(2)12-28(62-52(79)29(13-34(55)65)61-48(75)22(4)57-47(74)21(3)58-49(76)26(54)10-11-35(66)59-30(19-84)50(77)56-17-36(67)68)51(78)60-27-14-37(82-23(5)42(27)69)83-32-16-53(80,33(64)18-63)15-25-39(32)46(73)41-40(44(25)71)43(70)24-8-7-9-31(81-6)38(24)45(41)72/h7-9,20-23,26-30,32,37,42,63,69,71,73,80,84H,10-19,54H2,1-6H3,(H2,55,65)(H,56,77)(H,57,74)(H,58,76)(H,59,66)(H,60,78)(H,61,75)(H,62,79)(H,67,68)/t21?,22?,23?,26?,27?,28?,29?,30?,32-,37+,42-,53-/m0/s1. The number of phenols is 2. The number of ketones is 3. The number of nitrogens with one attached hydrogen (secondary N) is 7. The van der Waals surface area contributed by atoms with Gasteiger partial charge in [0.2, 0.25) is 53.0 Å². The van der Waals surface area contributed by atoms with Gasteiger partial charge in [-0.15, -0.1) is 0 Å². The summed E-state index contributed by atoms with van der Waals surface area (Å²) in [7, 11) is 1.25. The van der Waals surface area contributed by atoms with Gasteiger partial charge in [0.05, 0.1) is 54.5 Å². The van der Waals surface area contributed by atoms with Gasteiger partial charge < -0.3 is 93.5 Å². The number of fused-ring (bicyclic) bond motifs is 3. The SMILES string of the molecule is COc1cccc2c1C(=O)c1c(O)c3c(c(O)c1C2=O)C[C@@](O)(C(=O)CO)C[C@@H]3O[C@@H]1CC(NC(=O)C(CC(C)C)NC(=O)C(CC(N)=O)NC(=O)C(C)NC(=O)C(C)NC(=O)C(N)CCC(=O)NC(CS)C(=O)NCC(=O)O)[C@@H](O)C(C)O1. The number of Topliss-reactive ketones (excluding diaryl/α,β-unsaturated/α-hetero) is 1. The number of primary amides is 1. The quantitative estimate of drug-likeness (QED) is 0.0254. The lowest BCUT2D eigenvalue weighted by Gasteiger charge is -2.43. The van der Waals surface area contributed by atoms with Gasteiger partial charge in [0, 0.05) is 48.1 Å². The number of methoxy groups -OCH3 is 1. The van der Waals surface area contributed by atoms with Crippen LogP contribution in [0.1, 0.15) is 122 Å². The summed E-state index contributed by atoms with van der Waals surface area (Å²) in [5.74, 6) is -13.8. The summed E-state index contributed by atoms with van der Waals surface area (Å²) in [6.45, 7) is 5.39. The van der Waals surface area contributed by atoms with Crippen LogP contribution >= 0.6 is 12.6 Å². The van der Waals surface area contributed by atoms with Crippen molar-refractivity contribution in [2.75, 3.05) is 26.0 Å². The van der Waals surface area contributed by atoms with E-state index in [1.165, 1.54) is 46.1 Å². The molecule has 3 aliphatic rings. The van der Waals surface area contributed by atoms with Gasteiger partial charge in [-0.05, 0) is 45.6 Å². The zero-order chi connectivity index (χ0) is 62.8. The molecule has 1 heterocycles. The van der Waals surface area contributed by atoms with Crippen molar-refractivity contribution in [3.05, 3.63) is 51.6 Å². The molecule has 31 heteroatoms. The van der Waals surface area contributed by atoms with Crippen LogP contribution in [0.25, 0.3) is 0 Å². The molecule has 17 N–H and O–H groups in total. The molecular formula is C53H71N9O21S. The monoisotopic (exact) mass is 1200 g/mol. The molecule has 2 aromatic rings. The molecule has 0 aromatic heterocycles. The number of ether oxygens (including phenoxy) is 3. The molecule has 30 nitrogen and oxygen atoms in total. The number of thiol groups is 1. The van der Waals surface area contributed by atoms with Gasteiger partial charge in [0.1, 0.15) is 72.3 Å². The Balaban J connectivity index is 1.26. The number of aromatic hydroxyl groups is 2. The number of carboxylic acids is 1. The Labute approximate surface area is 485 Å². The van der Waals surface area contributed by atoms with E-state index in [1.54, 1.807) is 13.8 Å². The Hall–Kier alpha value is -7.81. The average molecular weight is 1200 g/mol. The number of aliphatic carboxylic acids is 1. The zero-order valence-electron chi connectivity index (χ0n) is 46.6. The van der Waals surface area contributed by atoms with E-state index in [1.807, 2.05) is 0 Å². The van der Waals surface area contributed by atoms with Crippen molar-refractivity contribution in [1.29, 1.82) is 0 Å². The largest absolute Gasteiger partial charge is 0.507 e. The molecule has 2 aromatic carbocycles. The molecule has 8 unspecified atom stereocenters. The van der Waals surface area contributed by atoms with Crippen molar-refractivity contribution in [3.8, 4) is 17.2 Å². The van der Waals surface area contributed by atoms with Crippen molar-refractivity contribution in [1.82, 2.24) is 37.2 Å². The van der Waals surface area contributed by atoms with Crippen LogP contribution in [0.2, 0.25) is 0 Å². The third kappa shape index (κ3) is 15.9. The van der Waals surface area contributed by atoms with Crippen LogP contribution in [-0.2, 0) is 63.8 Å². The molecule has 12 atom stereocenters. The maximum Gasteiger partial charge on any atom is 0.322 e. The van der Waals surface area contributed by atoms with Crippen LogP contribution < -0.4 is 53.4 Å². The second-order valence-corrected chi connectivity index (χ2v) is 21.4. The molecule has 2 aliphatic carbocycles. The zero-order valence-corrected chi connectivity index (χ0v) is 47.5. The Bertz CT molecular complexity index is 2940. The van der Waals surface area contributed by atoms with Crippen LogP contribution in [-0.4, -0.2) is 194 Å². The summed E-state index contributed by atoms with van der Waals surface area (Å²) >= 11 is 3.98. The van der Waals surface area contributed by atoms with E-state index >= 15 is 0 Å². The minimum absolute atomic E-state index is 0.0170. The smallest absolute Gasteiger partial charge is 0.322 e. The number of carbonyl (C=O) groups excluding carboxylic acids is 11. The van der Waals surface area contributed by atoms with E-state index in [4.69, 9.17) is 30.8 Å². The van der Waals surface area contributed by atoms with Crippen molar-refractivity contribution in [3.63, 3.8) is 0 Å². The fourth-order valence-corrected chi connectivity index (χ4v) is 10.0. The first-order valence-corrected chi connectivity index (χ1v) is 27.2. The van der Waals surface area contributed by atoms with E-state index in [9.17, 15) is 83.1 Å². The fraction of sp³-hybridized carbons (Fsp3) is 0.547. The molecule has 1 saturated heterocycles. The first-order valence-electron chi connectivity index (χ1n) is 26.6. The van der Waals surface area contributed by atoms with Crippen molar-refractivity contribution >= 4 is 83.2 Å². The number of carbonyl (C=O) groups is 12. The first kappa shape index (κ1) is 67.0. The Kier molecular flexibility index (Phi) is 22.8. The van der Waals surface area contributed by atoms with Crippen LogP contribution in [0.15, 0.2) is 18.2 Å². The second kappa shape index (κ2) is 28.6. The van der Waals surface area contributed by atoms with Crippen molar-refractivity contribution < 1.29 is 102 Å². The number of hydrogen-bond donors (Lipinski definition) is 16. The summed E-state index contributed by atoms with van der Waals surface area (Å²) in [6.07, 6.45) is -9.12. The number of benzene rings is 2. The first-order chi connectivity index (χ1) is 39.4. The molecule has 1 aliphatic heterocycles. The molecule has 8 amide bonds. The summed E-state index contributed by atoms with van der Waals surface area (Å²) < 4.78 is 17.6. The Morgan fingerprint density at radius 2 is 1.44 bits per heavy atom. The highest BCUT2D eigenvalue weighted by Gasteiger charge is 2.51. The summed E-state index contributed by atoms with van der Waals surface area (Å²) in [6, 6.07) is -5.59. The van der Waals surface area contributed by atoms with Crippen LogP contribution in [0.3, 0.4) is 0 Å². The van der Waals surface area contributed by atoms with E-state index in [0.717, 1.165) is 0 Å². The maximum atomic E-state index is 14.2. The number of aliphatic hydroxyl groups excluding tert-OH is 2. The Morgan fingerprint density at radius 3 is 2.04 bits per heavy atom. The molecule has 0 radical (unpaired) electrons. The number of aliphatic hydroxyl groups is 3. The predicted octanol–water partition coefficient (Wildman–Crippen LogP) is -4.22. The average Bonchev–Trinajstić information content (AvgIpc) is 0.777. The summed E-state index contributed by atoms with van der Waals surface area (Å²) in [5.41, 5.74) is 6.56. The minimum Gasteiger partial charge on any atom is -0.507 e. The van der Waals surface area contributed by atoms with E-state index in [2.05, 4.69) is 49.8 Å². The third-order valence-corrected chi connectivity index (χ3v) is 14.6. The van der Waals surface area contributed by atoms with E-state index in [-0.39, 0.29) is 58.9 Å². The number of carboxylic acid groups (broad SMARTS) is 1. The third-order valence-electron chi connectivity index (χ3n) is 14.2. The lowest BCUT2D eigenvalue weighted by molar-refractivity contribution is -0.249. The lowest BCUT2D eigenvalue weighted by Crippen LogP contribution is -2.61. The molecule has 0 bridgehead atoms. The van der Waals surface area contributed by atoms with Gasteiger partial charge in [0.15, 0.2) is 17.9 Å². The molecule has 5 rings (SSSR count). The number of amides is 8. The number of nitrogens with two attached hydrogens (primary N) is 2. The van der Waals surface area contributed by atoms with Crippen molar-refractivity contribution in [2.24, 2.45) is 17.4 Å². The number of phenolic OH excluding ortho intramolecular Hbond substituents is 2. The molecular weight excluding hydrogens is 1130 g/mol. The molecule has 0 saturated carbocycles. The minimum atomic E-state index is -2.49. The van der Waals surface area contributed by atoms with Gasteiger partial charge >= 0.3 is 5.97 Å². The lowest BCUT2D eigenvalue weighted by atomic mass is 9.72. The van der Waals surface area contributed by atoms with Gasteiger partial charge in [0.25, 0.3) is 0 Å². The topological polar surface area (TPSA) is 490 Å². The van der Waals surface area contributed by atoms with Crippen LogP contribution in [0.5, 0.6) is 17.2 Å². The number of rotatable bonds is 27. The summed E-state index contributed by atoms with van der Waals surface area (Å²) in [4.78, 5) is 156. The highest BCUT2D eigenvalue weighted by Crippen LogP contribution is 2.52. The van der Waals surface area contributed by atoms with E-state index < -0.39 is 205 Å². The van der Waals surface area contributed by atoms with Gasteiger partial charge in [-0.25, -0.2) is 0 Å². The normalized spacial score (nSPS) is 21.9. The summed E-state index contributed by atoms with van der Waals surface area (Å²) in [5, 5.41) is 82.0. The molecule has 460 valence electrons. The van der Waals surface area contributed by atoms with E-state index in [0.29, 0.717) is 0 Å². The second-order valence-electron chi connectivity index (χ2n) is 21.1. The maximum absolute atomic E-state index is 14.2. The highest BCUT2D eigenvalue weighted by atomic mass is 32.1. The number of hydrogen-bond acceptors (Lipinski definition) is 22. The molecule has 1 fully saturated rings. The fourth-order valence-electron chi connectivity index (χ4n) is 9.78. The van der Waals surface area contributed by atoms with Gasteiger partial charge in [-0.1, -0.05) is 26.0 Å². The molecule has 0 spiro atoms. The van der Waals surface area contributed by atoms with Crippen LogP contribution in [0, 0.1) is 5.92 Å². The highest BCUT2D eigenvalue weighted by molar-refractivity contribution is 7.80. The Morgan fingerprint density at radius 1 is 0.821 bits per heavy atom. The van der Waals surface area contributed by atoms with Gasteiger partial charge in [-0.3, -0.25) is 57.5 Å². The molecule has 84 heavy (non-hydrogen) atoms. The van der Waals surface area contributed by atoms with Crippen molar-refractivity contribution in [2.45, 2.75) is 152 Å². The predicted molar refractivity (Wildman–Crippen MR) is 292 cm³/mol. The van der Waals surface area contributed by atoms with Crippen LogP contribution in [0.4, 0.5) is 0 Å². The van der Waals surface area contributed by atoms with Gasteiger partial charge in [-0.2, -0.15) is 12.6 Å².